The number of azide groups is 1. The van der Waals surface area contributed by atoms with Gasteiger partial charge in [-0.1, -0.05) is 94.1 Å². The van der Waals surface area contributed by atoms with Crippen molar-refractivity contribution in [3.05, 3.63) is 71.1 Å². The second-order valence-electron chi connectivity index (χ2n) is 4.52. The van der Waals surface area contributed by atoms with Crippen LogP contribution in [0.4, 0.5) is 0 Å². The van der Waals surface area contributed by atoms with Crippen LogP contribution < -0.4 is 10.6 Å². The van der Waals surface area contributed by atoms with E-state index in [1.54, 1.807) is 0 Å². The molecule has 0 aliphatic heterocycles. The van der Waals surface area contributed by atoms with E-state index >= 15 is 0 Å². The van der Waals surface area contributed by atoms with E-state index in [0.717, 1.165) is 15.0 Å². The molecule has 0 heterocycles. The number of hydrogen-bond acceptors (Lipinski definition) is 1. The van der Waals surface area contributed by atoms with Gasteiger partial charge in [0, 0.05) is 11.5 Å². The highest BCUT2D eigenvalue weighted by atomic mass is 31.1. The Morgan fingerprint density at radius 3 is 1.86 bits per heavy atom. The molecule has 0 spiro atoms. The molecular formula is C17H22N3P. The first kappa shape index (κ1) is 17.2. The number of unbranched alkanes of at least 4 members (excludes halogenated alkanes) is 2. The normalized spacial score (nSPS) is 9.19. The van der Waals surface area contributed by atoms with Crippen molar-refractivity contribution in [3.8, 4) is 0 Å². The van der Waals surface area contributed by atoms with Crippen molar-refractivity contribution in [2.75, 3.05) is 6.54 Å². The van der Waals surface area contributed by atoms with Crippen LogP contribution in [0, 0.1) is 0 Å². The minimum atomic E-state index is 0.657. The second-order valence-corrected chi connectivity index (χ2v) is 5.92. The molecular weight excluding hydrogens is 277 g/mol. The van der Waals surface area contributed by atoms with Crippen molar-refractivity contribution < 1.29 is 0 Å². The van der Waals surface area contributed by atoms with Gasteiger partial charge < -0.3 is 0 Å². The van der Waals surface area contributed by atoms with Crippen molar-refractivity contribution in [2.24, 2.45) is 5.11 Å². The average Bonchev–Trinajstić information content (AvgIpc) is 2.54. The average molecular weight is 299 g/mol. The quantitative estimate of drug-likeness (QED) is 0.242. The SMILES string of the molecule is CCCCCN=[N+]=[N-].c1ccc(Pc2ccccc2)cc1. The third-order valence-electron chi connectivity index (χ3n) is 2.76. The molecule has 4 heteroatoms. The Hall–Kier alpha value is -1.82. The largest absolute Gasteiger partial charge is 0.0940 e. The van der Waals surface area contributed by atoms with E-state index < -0.39 is 0 Å². The van der Waals surface area contributed by atoms with Gasteiger partial charge in [-0.2, -0.15) is 0 Å². The molecule has 0 radical (unpaired) electrons. The molecule has 0 amide bonds. The smallest absolute Gasteiger partial charge is 0.0257 e. The van der Waals surface area contributed by atoms with Crippen LogP contribution in [0.5, 0.6) is 0 Å². The zero-order valence-electron chi connectivity index (χ0n) is 12.4. The maximum atomic E-state index is 7.82. The van der Waals surface area contributed by atoms with Gasteiger partial charge in [0.1, 0.15) is 0 Å². The summed E-state index contributed by atoms with van der Waals surface area (Å²) in [5.41, 5.74) is 7.82. The molecule has 0 aliphatic carbocycles. The van der Waals surface area contributed by atoms with Gasteiger partial charge in [-0.25, -0.2) is 0 Å². The summed E-state index contributed by atoms with van der Waals surface area (Å²) in [6, 6.07) is 21.2. The number of hydrogen-bond donors (Lipinski definition) is 0. The molecule has 0 saturated carbocycles. The van der Waals surface area contributed by atoms with Gasteiger partial charge in [0.15, 0.2) is 0 Å². The Morgan fingerprint density at radius 1 is 0.905 bits per heavy atom. The van der Waals surface area contributed by atoms with Gasteiger partial charge >= 0.3 is 0 Å². The van der Waals surface area contributed by atoms with Gasteiger partial charge in [0.05, 0.1) is 0 Å². The summed E-state index contributed by atoms with van der Waals surface area (Å²) < 4.78 is 0. The van der Waals surface area contributed by atoms with Crippen LogP contribution >= 0.6 is 8.58 Å². The van der Waals surface area contributed by atoms with Crippen molar-refractivity contribution in [1.82, 2.24) is 0 Å². The van der Waals surface area contributed by atoms with Crippen molar-refractivity contribution in [1.29, 1.82) is 0 Å². The van der Waals surface area contributed by atoms with Crippen molar-refractivity contribution >= 4 is 19.2 Å². The fourth-order valence-electron chi connectivity index (χ4n) is 1.69. The molecule has 2 aromatic rings. The molecule has 0 saturated heterocycles. The molecule has 2 aromatic carbocycles. The van der Waals surface area contributed by atoms with E-state index in [1.165, 1.54) is 23.5 Å². The molecule has 0 N–H and O–H groups in total. The van der Waals surface area contributed by atoms with Crippen molar-refractivity contribution in [2.45, 2.75) is 26.2 Å². The zero-order valence-corrected chi connectivity index (χ0v) is 13.4. The number of nitrogens with zero attached hydrogens (tertiary/aromatic N) is 3. The molecule has 0 atom stereocenters. The molecule has 0 bridgehead atoms. The van der Waals surface area contributed by atoms with E-state index in [-0.39, 0.29) is 0 Å². The van der Waals surface area contributed by atoms with Crippen LogP contribution in [0.15, 0.2) is 65.8 Å². The van der Waals surface area contributed by atoms with Gasteiger partial charge in [-0.3, -0.25) is 0 Å². The molecule has 0 unspecified atom stereocenters. The Kier molecular flexibility index (Phi) is 9.82. The third-order valence-corrected chi connectivity index (χ3v) is 4.01. The van der Waals surface area contributed by atoms with Crippen molar-refractivity contribution in [3.63, 3.8) is 0 Å². The van der Waals surface area contributed by atoms with Crippen LogP contribution in [0.1, 0.15) is 26.2 Å². The van der Waals surface area contributed by atoms with Gasteiger partial charge in [0.25, 0.3) is 0 Å². The minimum absolute atomic E-state index is 0.657. The highest BCUT2D eigenvalue weighted by Gasteiger charge is 1.92. The highest BCUT2D eigenvalue weighted by molar-refractivity contribution is 7.55. The lowest BCUT2D eigenvalue weighted by molar-refractivity contribution is 0.725. The zero-order chi connectivity index (χ0) is 15.2. The predicted octanol–water partition coefficient (Wildman–Crippen LogP) is 4.80. The van der Waals surface area contributed by atoms with Crippen LogP contribution in [0.3, 0.4) is 0 Å². The Morgan fingerprint density at radius 2 is 1.43 bits per heavy atom. The first-order valence-corrected chi connectivity index (χ1v) is 8.24. The van der Waals surface area contributed by atoms with Crippen LogP contribution in [0.25, 0.3) is 10.4 Å². The van der Waals surface area contributed by atoms with E-state index in [1.807, 2.05) is 0 Å². The molecule has 110 valence electrons. The fraction of sp³-hybridized carbons (Fsp3) is 0.294. The molecule has 21 heavy (non-hydrogen) atoms. The van der Waals surface area contributed by atoms with Gasteiger partial charge in [0.2, 0.25) is 0 Å². The highest BCUT2D eigenvalue weighted by Crippen LogP contribution is 2.08. The summed E-state index contributed by atoms with van der Waals surface area (Å²) in [5, 5.41) is 6.18. The molecule has 0 aromatic heterocycles. The maximum Gasteiger partial charge on any atom is 0.0257 e. The topological polar surface area (TPSA) is 48.8 Å². The lowest BCUT2D eigenvalue weighted by Gasteiger charge is -2.00. The Labute approximate surface area is 128 Å². The van der Waals surface area contributed by atoms with Crippen LogP contribution in [-0.4, -0.2) is 6.54 Å². The lowest BCUT2D eigenvalue weighted by atomic mass is 10.3. The third kappa shape index (κ3) is 8.86. The summed E-state index contributed by atoms with van der Waals surface area (Å²) >= 11 is 0. The van der Waals surface area contributed by atoms with Crippen LogP contribution in [-0.2, 0) is 0 Å². The molecule has 3 nitrogen and oxygen atoms in total. The summed E-state index contributed by atoms with van der Waals surface area (Å²) in [5.74, 6) is 0. The summed E-state index contributed by atoms with van der Waals surface area (Å²) in [6.07, 6.45) is 3.38. The molecule has 2 rings (SSSR count). The van der Waals surface area contributed by atoms with Gasteiger partial charge in [-0.15, -0.1) is 0 Å². The van der Waals surface area contributed by atoms with E-state index in [2.05, 4.69) is 77.6 Å². The Bertz CT molecular complexity index is 485. The maximum absolute atomic E-state index is 7.82. The standard InChI is InChI=1S/C12H11P.C5H11N3/c1-3-7-11(8-4-1)13-12-9-5-2-6-10-12;1-2-3-4-5-7-8-6/h1-10,13H;2-5H2,1H3. The number of rotatable bonds is 6. The van der Waals surface area contributed by atoms with E-state index in [0.29, 0.717) is 6.54 Å². The first-order valence-electron chi connectivity index (χ1n) is 7.24. The summed E-state index contributed by atoms with van der Waals surface area (Å²) in [6.45, 7) is 2.78. The monoisotopic (exact) mass is 299 g/mol. The first-order chi connectivity index (χ1) is 10.4. The minimum Gasteiger partial charge on any atom is -0.0940 e. The summed E-state index contributed by atoms with van der Waals surface area (Å²) in [4.78, 5) is 2.63. The van der Waals surface area contributed by atoms with E-state index in [9.17, 15) is 0 Å². The fourth-order valence-corrected chi connectivity index (χ4v) is 2.74. The summed E-state index contributed by atoms with van der Waals surface area (Å²) in [7, 11) is 0.777. The van der Waals surface area contributed by atoms with Crippen LogP contribution in [0.2, 0.25) is 0 Å². The van der Waals surface area contributed by atoms with E-state index in [4.69, 9.17) is 5.53 Å². The molecule has 0 aliphatic rings. The Balaban J connectivity index is 0.000000240. The lowest BCUT2D eigenvalue weighted by Crippen LogP contribution is -2.01. The predicted molar refractivity (Wildman–Crippen MR) is 94.0 cm³/mol. The number of benzene rings is 2. The molecule has 0 fully saturated rings. The van der Waals surface area contributed by atoms with Gasteiger partial charge in [-0.05, 0) is 22.6 Å². The second kappa shape index (κ2) is 12.0.